The Bertz CT molecular complexity index is 579. The Morgan fingerprint density at radius 1 is 1.50 bits per heavy atom. The van der Waals surface area contributed by atoms with Crippen molar-refractivity contribution in [3.05, 3.63) is 47.3 Å². The molecule has 1 amide bonds. The highest BCUT2D eigenvalue weighted by Gasteiger charge is 2.08. The number of carbonyl (C=O) groups excluding carboxylic acids is 1. The van der Waals surface area contributed by atoms with E-state index in [1.165, 1.54) is 18.2 Å². The number of carbonyl (C=O) groups is 1. The average Bonchev–Trinajstić information content (AvgIpc) is 2.75. The van der Waals surface area contributed by atoms with Crippen molar-refractivity contribution < 1.29 is 9.18 Å². The number of hydrogen-bond acceptors (Lipinski definition) is 3. The summed E-state index contributed by atoms with van der Waals surface area (Å²) in [6, 6.07) is 4.24. The van der Waals surface area contributed by atoms with Gasteiger partial charge in [-0.15, -0.1) is 0 Å². The number of benzene rings is 1. The lowest BCUT2D eigenvalue weighted by molar-refractivity contribution is 0.0949. The van der Waals surface area contributed by atoms with Crippen molar-refractivity contribution >= 4 is 5.91 Å². The van der Waals surface area contributed by atoms with Gasteiger partial charge in [-0.3, -0.25) is 9.48 Å². The van der Waals surface area contributed by atoms with Crippen molar-refractivity contribution in [1.29, 1.82) is 0 Å². The molecule has 94 valence electrons. The largest absolute Gasteiger partial charge is 0.345 e. The minimum atomic E-state index is -0.321. The van der Waals surface area contributed by atoms with E-state index in [4.69, 9.17) is 0 Å². The van der Waals surface area contributed by atoms with Crippen LogP contribution in [0.2, 0.25) is 0 Å². The molecule has 1 aromatic carbocycles. The van der Waals surface area contributed by atoms with Crippen LogP contribution in [0.1, 0.15) is 21.7 Å². The van der Waals surface area contributed by atoms with Crippen LogP contribution in [-0.2, 0) is 13.6 Å². The van der Waals surface area contributed by atoms with Gasteiger partial charge in [-0.2, -0.15) is 5.10 Å². The maximum Gasteiger partial charge on any atom is 0.251 e. The Morgan fingerprint density at radius 2 is 2.28 bits per heavy atom. The van der Waals surface area contributed by atoms with Crippen molar-refractivity contribution in [2.45, 2.75) is 13.5 Å². The number of nitrogens with one attached hydrogen (secondary N) is 1. The molecule has 0 unspecified atom stereocenters. The van der Waals surface area contributed by atoms with Crippen LogP contribution in [0.3, 0.4) is 0 Å². The zero-order valence-corrected chi connectivity index (χ0v) is 10.1. The normalized spacial score (nSPS) is 10.4. The van der Waals surface area contributed by atoms with Gasteiger partial charge in [0.1, 0.15) is 12.1 Å². The Kier molecular flexibility index (Phi) is 3.36. The molecule has 2 aromatic rings. The molecule has 0 fully saturated rings. The summed E-state index contributed by atoms with van der Waals surface area (Å²) in [5.74, 6) is -0.0619. The molecule has 6 heteroatoms. The monoisotopic (exact) mass is 248 g/mol. The van der Waals surface area contributed by atoms with Gasteiger partial charge < -0.3 is 5.32 Å². The zero-order chi connectivity index (χ0) is 13.1. The fourth-order valence-electron chi connectivity index (χ4n) is 1.51. The van der Waals surface area contributed by atoms with Gasteiger partial charge in [0.25, 0.3) is 5.91 Å². The van der Waals surface area contributed by atoms with E-state index >= 15 is 0 Å². The summed E-state index contributed by atoms with van der Waals surface area (Å²) in [5.41, 5.74) is 0.864. The van der Waals surface area contributed by atoms with E-state index < -0.39 is 0 Å². The highest BCUT2D eigenvalue weighted by molar-refractivity contribution is 5.94. The third kappa shape index (κ3) is 2.71. The lowest BCUT2D eigenvalue weighted by Crippen LogP contribution is -2.23. The zero-order valence-electron chi connectivity index (χ0n) is 10.1. The number of aromatic nitrogens is 3. The van der Waals surface area contributed by atoms with Crippen LogP contribution in [-0.4, -0.2) is 20.7 Å². The number of hydrogen-bond donors (Lipinski definition) is 1. The minimum Gasteiger partial charge on any atom is -0.345 e. The van der Waals surface area contributed by atoms with E-state index in [0.29, 0.717) is 17.0 Å². The molecule has 0 aliphatic rings. The van der Waals surface area contributed by atoms with E-state index in [1.54, 1.807) is 25.0 Å². The number of amides is 1. The third-order valence-corrected chi connectivity index (χ3v) is 2.47. The summed E-state index contributed by atoms with van der Waals surface area (Å²) in [4.78, 5) is 15.8. The first-order chi connectivity index (χ1) is 8.56. The molecule has 0 aliphatic heterocycles. The first kappa shape index (κ1) is 12.2. The highest BCUT2D eigenvalue weighted by Crippen LogP contribution is 2.09. The van der Waals surface area contributed by atoms with E-state index in [-0.39, 0.29) is 18.3 Å². The van der Waals surface area contributed by atoms with E-state index in [9.17, 15) is 9.18 Å². The van der Waals surface area contributed by atoms with Gasteiger partial charge >= 0.3 is 0 Å². The first-order valence-corrected chi connectivity index (χ1v) is 5.45. The highest BCUT2D eigenvalue weighted by atomic mass is 19.1. The molecule has 0 bridgehead atoms. The SMILES string of the molecule is Cc1cc(C(=O)NCc2ncn(C)n2)ccc1F. The molecule has 1 N–H and O–H groups in total. The maximum absolute atomic E-state index is 13.1. The van der Waals surface area contributed by atoms with Crippen molar-refractivity contribution in [3.63, 3.8) is 0 Å². The topological polar surface area (TPSA) is 59.8 Å². The van der Waals surface area contributed by atoms with Crippen molar-refractivity contribution in [2.24, 2.45) is 7.05 Å². The van der Waals surface area contributed by atoms with Gasteiger partial charge in [0.15, 0.2) is 5.82 Å². The molecule has 0 atom stereocenters. The molecule has 18 heavy (non-hydrogen) atoms. The third-order valence-electron chi connectivity index (χ3n) is 2.47. The predicted octanol–water partition coefficient (Wildman–Crippen LogP) is 1.19. The number of rotatable bonds is 3. The molecule has 2 rings (SSSR count). The quantitative estimate of drug-likeness (QED) is 0.887. The molecular weight excluding hydrogens is 235 g/mol. The van der Waals surface area contributed by atoms with E-state index in [2.05, 4.69) is 15.4 Å². The molecule has 0 aliphatic carbocycles. The predicted molar refractivity (Wildman–Crippen MR) is 63.3 cm³/mol. The summed E-state index contributed by atoms with van der Waals surface area (Å²) in [5, 5.41) is 6.71. The van der Waals surface area contributed by atoms with Crippen LogP contribution < -0.4 is 5.32 Å². The molecule has 0 radical (unpaired) electrons. The Balaban J connectivity index is 2.01. The van der Waals surface area contributed by atoms with Crippen LogP contribution in [0, 0.1) is 12.7 Å². The van der Waals surface area contributed by atoms with Crippen LogP contribution in [0.5, 0.6) is 0 Å². The first-order valence-electron chi connectivity index (χ1n) is 5.45. The average molecular weight is 248 g/mol. The second kappa shape index (κ2) is 4.95. The molecule has 0 spiro atoms. The molecular formula is C12H13FN4O. The molecule has 5 nitrogen and oxygen atoms in total. The van der Waals surface area contributed by atoms with E-state index in [0.717, 1.165) is 0 Å². The van der Waals surface area contributed by atoms with Gasteiger partial charge in [-0.25, -0.2) is 9.37 Å². The Hall–Kier alpha value is -2.24. The summed E-state index contributed by atoms with van der Waals surface area (Å²) < 4.78 is 14.6. The number of nitrogens with zero attached hydrogens (tertiary/aromatic N) is 3. The van der Waals surface area contributed by atoms with Crippen molar-refractivity contribution in [1.82, 2.24) is 20.1 Å². The van der Waals surface area contributed by atoms with Gasteiger partial charge in [0.2, 0.25) is 0 Å². The summed E-state index contributed by atoms with van der Waals surface area (Å²) in [6.07, 6.45) is 1.56. The van der Waals surface area contributed by atoms with Gasteiger partial charge in [0.05, 0.1) is 6.54 Å². The van der Waals surface area contributed by atoms with E-state index in [1.807, 2.05) is 0 Å². The second-order valence-corrected chi connectivity index (χ2v) is 3.98. The maximum atomic E-state index is 13.1. The standard InChI is InChI=1S/C12H13FN4O/c1-8-5-9(3-4-10(8)13)12(18)14-6-11-15-7-17(2)16-11/h3-5,7H,6H2,1-2H3,(H,14,18). The molecule has 1 aromatic heterocycles. The van der Waals surface area contributed by atoms with Crippen LogP contribution in [0.15, 0.2) is 24.5 Å². The summed E-state index contributed by atoms with van der Waals surface area (Å²) in [6.45, 7) is 1.86. The molecule has 0 saturated heterocycles. The Morgan fingerprint density at radius 3 is 2.89 bits per heavy atom. The van der Waals surface area contributed by atoms with Crippen LogP contribution >= 0.6 is 0 Å². The summed E-state index contributed by atoms with van der Waals surface area (Å²) in [7, 11) is 1.75. The van der Waals surface area contributed by atoms with Crippen LogP contribution in [0.25, 0.3) is 0 Å². The van der Waals surface area contributed by atoms with Crippen molar-refractivity contribution in [2.75, 3.05) is 0 Å². The molecule has 1 heterocycles. The second-order valence-electron chi connectivity index (χ2n) is 3.98. The molecule has 0 saturated carbocycles. The van der Waals surface area contributed by atoms with Gasteiger partial charge in [0, 0.05) is 12.6 Å². The number of halogens is 1. The minimum absolute atomic E-state index is 0.246. The fourth-order valence-corrected chi connectivity index (χ4v) is 1.51. The fraction of sp³-hybridized carbons (Fsp3) is 0.250. The van der Waals surface area contributed by atoms with Gasteiger partial charge in [-0.05, 0) is 30.7 Å². The van der Waals surface area contributed by atoms with Crippen LogP contribution in [0.4, 0.5) is 4.39 Å². The number of aryl methyl sites for hydroxylation is 2. The van der Waals surface area contributed by atoms with Gasteiger partial charge in [-0.1, -0.05) is 0 Å². The Labute approximate surface area is 104 Å². The van der Waals surface area contributed by atoms with Crippen molar-refractivity contribution in [3.8, 4) is 0 Å². The lowest BCUT2D eigenvalue weighted by atomic mass is 10.1. The summed E-state index contributed by atoms with van der Waals surface area (Å²) >= 11 is 0. The lowest BCUT2D eigenvalue weighted by Gasteiger charge is -2.04. The smallest absolute Gasteiger partial charge is 0.251 e.